The van der Waals surface area contributed by atoms with E-state index in [0.29, 0.717) is 32.7 Å². The van der Waals surface area contributed by atoms with Gasteiger partial charge >= 0.3 is 0 Å². The fraction of sp³-hybridized carbons (Fsp3) is 0.500. The van der Waals surface area contributed by atoms with Crippen molar-refractivity contribution in [3.63, 3.8) is 0 Å². The molecule has 26 heavy (non-hydrogen) atoms. The number of hydrogen-bond acceptors (Lipinski definition) is 4. The highest BCUT2D eigenvalue weighted by atomic mass is 16.3. The summed E-state index contributed by atoms with van der Waals surface area (Å²) in [4.78, 5) is 16.5. The molecule has 6 nitrogen and oxygen atoms in total. The van der Waals surface area contributed by atoms with Gasteiger partial charge in [0.15, 0.2) is 0 Å². The molecule has 1 aliphatic heterocycles. The van der Waals surface area contributed by atoms with Gasteiger partial charge in [-0.3, -0.25) is 14.4 Å². The molecule has 1 amide bonds. The van der Waals surface area contributed by atoms with Crippen LogP contribution in [0.3, 0.4) is 0 Å². The molecule has 2 heterocycles. The van der Waals surface area contributed by atoms with Crippen molar-refractivity contribution in [2.75, 3.05) is 26.2 Å². The smallest absolute Gasteiger partial charge is 0.236 e. The molecule has 0 bridgehead atoms. The van der Waals surface area contributed by atoms with Gasteiger partial charge in [-0.15, -0.1) is 0 Å². The number of benzene rings is 1. The van der Waals surface area contributed by atoms with Crippen LogP contribution in [0.4, 0.5) is 0 Å². The van der Waals surface area contributed by atoms with E-state index >= 15 is 0 Å². The molecular formula is C20H28N4O2. The Morgan fingerprint density at radius 2 is 2.00 bits per heavy atom. The van der Waals surface area contributed by atoms with Crippen LogP contribution in [0.5, 0.6) is 0 Å². The van der Waals surface area contributed by atoms with Gasteiger partial charge in [0, 0.05) is 44.5 Å². The first-order valence-corrected chi connectivity index (χ1v) is 9.30. The third kappa shape index (κ3) is 4.71. The number of aliphatic hydroxyl groups is 1. The molecule has 3 rings (SSSR count). The lowest BCUT2D eigenvalue weighted by molar-refractivity contribution is -0.131. The first-order valence-electron chi connectivity index (χ1n) is 9.30. The summed E-state index contributed by atoms with van der Waals surface area (Å²) in [7, 11) is 0. The standard InChI is InChI=1S/C20H28N4O2/c1-3-24-12-18(16(2)21-24)11-22-13-19(25)14-23(20(26)15-22)10-9-17-7-5-4-6-8-17/h4-8,12,19,25H,3,9-11,13-15H2,1-2H3. The van der Waals surface area contributed by atoms with Gasteiger partial charge in [0.1, 0.15) is 0 Å². The molecule has 1 unspecified atom stereocenters. The summed E-state index contributed by atoms with van der Waals surface area (Å²) in [6.45, 7) is 7.39. The molecule has 0 saturated carbocycles. The third-order valence-electron chi connectivity index (χ3n) is 4.89. The molecule has 1 aromatic heterocycles. The van der Waals surface area contributed by atoms with Crippen LogP contribution in [0.1, 0.15) is 23.7 Å². The minimum Gasteiger partial charge on any atom is -0.390 e. The fourth-order valence-corrected chi connectivity index (χ4v) is 3.43. The highest BCUT2D eigenvalue weighted by Crippen LogP contribution is 2.14. The maximum absolute atomic E-state index is 12.7. The van der Waals surface area contributed by atoms with E-state index in [1.807, 2.05) is 40.9 Å². The summed E-state index contributed by atoms with van der Waals surface area (Å²) in [5.74, 6) is 0.0815. The number of carbonyl (C=O) groups excluding carboxylic acids is 1. The molecule has 1 aromatic carbocycles. The number of aliphatic hydroxyl groups excluding tert-OH is 1. The Labute approximate surface area is 155 Å². The predicted octanol–water partition coefficient (Wildman–Crippen LogP) is 1.46. The number of β-amino-alcohol motifs (C(OH)–C–C–N with tert-alkyl or cyclic N) is 1. The lowest BCUT2D eigenvalue weighted by atomic mass is 10.1. The van der Waals surface area contributed by atoms with Crippen LogP contribution in [0.2, 0.25) is 0 Å². The van der Waals surface area contributed by atoms with Crippen molar-refractivity contribution in [1.29, 1.82) is 0 Å². The monoisotopic (exact) mass is 356 g/mol. The highest BCUT2D eigenvalue weighted by Gasteiger charge is 2.27. The Hall–Kier alpha value is -2.18. The Kier molecular flexibility index (Phi) is 6.06. The summed E-state index contributed by atoms with van der Waals surface area (Å²) in [5.41, 5.74) is 3.31. The lowest BCUT2D eigenvalue weighted by Gasteiger charge is -2.22. The summed E-state index contributed by atoms with van der Waals surface area (Å²) in [5, 5.41) is 14.9. The minimum absolute atomic E-state index is 0.0815. The Balaban J connectivity index is 1.61. The van der Waals surface area contributed by atoms with Crippen LogP contribution in [0.15, 0.2) is 36.5 Å². The van der Waals surface area contributed by atoms with Crippen molar-refractivity contribution in [3.05, 3.63) is 53.3 Å². The molecule has 1 atom stereocenters. The SMILES string of the molecule is CCn1cc(CN2CC(=O)N(CCc3ccccc3)CC(O)C2)c(C)n1. The molecule has 1 saturated heterocycles. The first kappa shape index (κ1) is 18.6. The zero-order chi connectivity index (χ0) is 18.5. The van der Waals surface area contributed by atoms with Crippen molar-refractivity contribution in [3.8, 4) is 0 Å². The van der Waals surface area contributed by atoms with Crippen LogP contribution in [0, 0.1) is 6.92 Å². The van der Waals surface area contributed by atoms with Gasteiger partial charge in [0.05, 0.1) is 18.3 Å². The highest BCUT2D eigenvalue weighted by molar-refractivity contribution is 5.78. The zero-order valence-corrected chi connectivity index (χ0v) is 15.6. The lowest BCUT2D eigenvalue weighted by Crippen LogP contribution is -2.38. The minimum atomic E-state index is -0.529. The van der Waals surface area contributed by atoms with Crippen molar-refractivity contribution >= 4 is 5.91 Å². The van der Waals surface area contributed by atoms with Gasteiger partial charge in [-0.05, 0) is 25.8 Å². The van der Waals surface area contributed by atoms with E-state index in [1.165, 1.54) is 5.56 Å². The van der Waals surface area contributed by atoms with E-state index in [4.69, 9.17) is 0 Å². The molecule has 6 heteroatoms. The number of carbonyl (C=O) groups is 1. The van der Waals surface area contributed by atoms with Gasteiger partial charge in [0.2, 0.25) is 5.91 Å². The van der Waals surface area contributed by atoms with Crippen LogP contribution < -0.4 is 0 Å². The van der Waals surface area contributed by atoms with E-state index in [0.717, 1.165) is 24.2 Å². The molecule has 0 radical (unpaired) electrons. The molecule has 0 aliphatic carbocycles. The maximum Gasteiger partial charge on any atom is 0.236 e. The average molecular weight is 356 g/mol. The van der Waals surface area contributed by atoms with Crippen LogP contribution >= 0.6 is 0 Å². The van der Waals surface area contributed by atoms with Crippen LogP contribution in [0.25, 0.3) is 0 Å². The number of rotatable bonds is 6. The predicted molar refractivity (Wildman–Crippen MR) is 101 cm³/mol. The molecule has 1 N–H and O–H groups in total. The number of aryl methyl sites for hydroxylation is 2. The molecule has 0 spiro atoms. The summed E-state index contributed by atoms with van der Waals surface area (Å²) < 4.78 is 1.91. The van der Waals surface area contributed by atoms with E-state index in [-0.39, 0.29) is 5.91 Å². The topological polar surface area (TPSA) is 61.6 Å². The van der Waals surface area contributed by atoms with Gasteiger partial charge in [-0.2, -0.15) is 5.10 Å². The van der Waals surface area contributed by atoms with E-state index in [2.05, 4.69) is 24.2 Å². The van der Waals surface area contributed by atoms with Crippen molar-refractivity contribution in [1.82, 2.24) is 19.6 Å². The number of aromatic nitrogens is 2. The largest absolute Gasteiger partial charge is 0.390 e. The number of nitrogens with zero attached hydrogens (tertiary/aromatic N) is 4. The summed E-state index contributed by atoms with van der Waals surface area (Å²) in [6.07, 6.45) is 2.31. The Morgan fingerprint density at radius 3 is 2.69 bits per heavy atom. The number of amides is 1. The normalized spacial score (nSPS) is 19.0. The van der Waals surface area contributed by atoms with Gasteiger partial charge in [0.25, 0.3) is 0 Å². The fourth-order valence-electron chi connectivity index (χ4n) is 3.43. The second kappa shape index (κ2) is 8.47. The third-order valence-corrected chi connectivity index (χ3v) is 4.89. The van der Waals surface area contributed by atoms with Crippen molar-refractivity contribution in [2.45, 2.75) is 39.5 Å². The number of hydrogen-bond donors (Lipinski definition) is 1. The summed E-state index contributed by atoms with van der Waals surface area (Å²) >= 11 is 0. The maximum atomic E-state index is 12.7. The van der Waals surface area contributed by atoms with E-state index in [1.54, 1.807) is 4.90 Å². The molecule has 1 fully saturated rings. The van der Waals surface area contributed by atoms with Crippen molar-refractivity contribution in [2.24, 2.45) is 0 Å². The zero-order valence-electron chi connectivity index (χ0n) is 15.6. The van der Waals surface area contributed by atoms with E-state index < -0.39 is 6.10 Å². The summed E-state index contributed by atoms with van der Waals surface area (Å²) in [6, 6.07) is 10.1. The molecule has 1 aliphatic rings. The molecular weight excluding hydrogens is 328 g/mol. The van der Waals surface area contributed by atoms with Crippen LogP contribution in [-0.4, -0.2) is 62.9 Å². The average Bonchev–Trinajstić information content (AvgIpc) is 2.91. The van der Waals surface area contributed by atoms with Gasteiger partial charge in [-0.1, -0.05) is 30.3 Å². The first-order chi connectivity index (χ1) is 12.5. The van der Waals surface area contributed by atoms with E-state index in [9.17, 15) is 9.90 Å². The van der Waals surface area contributed by atoms with Crippen molar-refractivity contribution < 1.29 is 9.90 Å². The Bertz CT molecular complexity index is 729. The second-order valence-corrected chi connectivity index (χ2v) is 6.99. The molecule has 2 aromatic rings. The second-order valence-electron chi connectivity index (χ2n) is 6.99. The molecule has 140 valence electrons. The van der Waals surface area contributed by atoms with Gasteiger partial charge < -0.3 is 10.0 Å². The van der Waals surface area contributed by atoms with Crippen LogP contribution in [-0.2, 0) is 24.3 Å². The quantitative estimate of drug-likeness (QED) is 0.851. The Morgan fingerprint density at radius 1 is 1.23 bits per heavy atom. The van der Waals surface area contributed by atoms with Gasteiger partial charge in [-0.25, -0.2) is 0 Å².